The molecule has 0 aromatic heterocycles. The molecule has 5 heteroatoms. The highest BCUT2D eigenvalue weighted by Crippen LogP contribution is 2.29. The standard InChI is InChI=1S/C16H23N3O2/c1-3-18-14(20)12-6-7-13(11(2)10-12)19-15(21)16(17)8-4-5-9-16/h6-7,10H,3-5,8-9,17H2,1-2H3,(H,18,20)(H,19,21). The molecule has 0 atom stereocenters. The van der Waals surface area contributed by atoms with Gasteiger partial charge in [-0.2, -0.15) is 0 Å². The summed E-state index contributed by atoms with van der Waals surface area (Å²) in [4.78, 5) is 24.1. The smallest absolute Gasteiger partial charge is 0.251 e. The Bertz CT molecular complexity index is 548. The highest BCUT2D eigenvalue weighted by molar-refractivity contribution is 6.00. The van der Waals surface area contributed by atoms with Crippen LogP contribution in [0.25, 0.3) is 0 Å². The normalized spacial score (nSPS) is 16.5. The van der Waals surface area contributed by atoms with Crippen molar-refractivity contribution in [3.05, 3.63) is 29.3 Å². The van der Waals surface area contributed by atoms with Crippen LogP contribution in [0.15, 0.2) is 18.2 Å². The summed E-state index contributed by atoms with van der Waals surface area (Å²) in [5.41, 5.74) is 7.56. The van der Waals surface area contributed by atoms with Gasteiger partial charge in [0.05, 0.1) is 5.54 Å². The van der Waals surface area contributed by atoms with Crippen LogP contribution in [0.5, 0.6) is 0 Å². The van der Waals surface area contributed by atoms with E-state index in [2.05, 4.69) is 10.6 Å². The van der Waals surface area contributed by atoms with Crippen molar-refractivity contribution in [1.29, 1.82) is 0 Å². The van der Waals surface area contributed by atoms with Gasteiger partial charge in [-0.05, 0) is 50.5 Å². The van der Waals surface area contributed by atoms with Crippen LogP contribution < -0.4 is 16.4 Å². The van der Waals surface area contributed by atoms with Crippen molar-refractivity contribution in [2.45, 2.75) is 45.1 Å². The Morgan fingerprint density at radius 3 is 2.52 bits per heavy atom. The highest BCUT2D eigenvalue weighted by Gasteiger charge is 2.37. The number of aryl methyl sites for hydroxylation is 1. The first kappa shape index (κ1) is 15.5. The predicted molar refractivity (Wildman–Crippen MR) is 83.2 cm³/mol. The van der Waals surface area contributed by atoms with Crippen molar-refractivity contribution >= 4 is 17.5 Å². The van der Waals surface area contributed by atoms with Gasteiger partial charge in [-0.3, -0.25) is 9.59 Å². The Hall–Kier alpha value is -1.88. The number of carbonyl (C=O) groups is 2. The molecule has 2 rings (SSSR count). The number of rotatable bonds is 4. The molecule has 21 heavy (non-hydrogen) atoms. The fourth-order valence-corrected chi connectivity index (χ4v) is 2.69. The Morgan fingerprint density at radius 2 is 1.95 bits per heavy atom. The van der Waals surface area contributed by atoms with E-state index in [9.17, 15) is 9.59 Å². The third-order valence-corrected chi connectivity index (χ3v) is 4.02. The first-order valence-electron chi connectivity index (χ1n) is 7.45. The number of hydrogen-bond acceptors (Lipinski definition) is 3. The van der Waals surface area contributed by atoms with Gasteiger partial charge in [0.25, 0.3) is 5.91 Å². The minimum absolute atomic E-state index is 0.107. The third kappa shape index (κ3) is 3.42. The largest absolute Gasteiger partial charge is 0.352 e. The van der Waals surface area contributed by atoms with Crippen LogP contribution in [0.4, 0.5) is 5.69 Å². The molecule has 1 fully saturated rings. The van der Waals surface area contributed by atoms with Crippen LogP contribution in [-0.2, 0) is 4.79 Å². The summed E-state index contributed by atoms with van der Waals surface area (Å²) in [6.45, 7) is 4.34. The molecule has 0 saturated heterocycles. The lowest BCUT2D eigenvalue weighted by molar-refractivity contribution is -0.121. The van der Waals surface area contributed by atoms with E-state index in [4.69, 9.17) is 5.73 Å². The van der Waals surface area contributed by atoms with Gasteiger partial charge in [-0.1, -0.05) is 12.8 Å². The molecule has 0 bridgehead atoms. The number of benzene rings is 1. The lowest BCUT2D eigenvalue weighted by Crippen LogP contribution is -2.48. The summed E-state index contributed by atoms with van der Waals surface area (Å²) in [6.07, 6.45) is 3.46. The Labute approximate surface area is 125 Å². The van der Waals surface area contributed by atoms with E-state index in [1.165, 1.54) is 0 Å². The minimum atomic E-state index is -0.745. The molecule has 1 aromatic carbocycles. The molecular weight excluding hydrogens is 266 g/mol. The van der Waals surface area contributed by atoms with E-state index >= 15 is 0 Å². The maximum atomic E-state index is 12.3. The van der Waals surface area contributed by atoms with E-state index in [0.29, 0.717) is 17.8 Å². The van der Waals surface area contributed by atoms with Gasteiger partial charge in [-0.15, -0.1) is 0 Å². The van der Waals surface area contributed by atoms with Crippen molar-refractivity contribution in [3.63, 3.8) is 0 Å². The molecule has 1 aliphatic rings. The van der Waals surface area contributed by atoms with Gasteiger partial charge < -0.3 is 16.4 Å². The van der Waals surface area contributed by atoms with Crippen molar-refractivity contribution in [3.8, 4) is 0 Å². The van der Waals surface area contributed by atoms with Gasteiger partial charge >= 0.3 is 0 Å². The molecule has 2 amide bonds. The van der Waals surface area contributed by atoms with Crippen molar-refractivity contribution in [2.75, 3.05) is 11.9 Å². The summed E-state index contributed by atoms with van der Waals surface area (Å²) < 4.78 is 0. The number of carbonyl (C=O) groups excluding carboxylic acids is 2. The quantitative estimate of drug-likeness (QED) is 0.792. The highest BCUT2D eigenvalue weighted by atomic mass is 16.2. The fourth-order valence-electron chi connectivity index (χ4n) is 2.69. The van der Waals surface area contributed by atoms with Crippen LogP contribution in [0.3, 0.4) is 0 Å². The van der Waals surface area contributed by atoms with Gasteiger partial charge in [0.1, 0.15) is 0 Å². The summed E-state index contributed by atoms with van der Waals surface area (Å²) in [5.74, 6) is -0.238. The third-order valence-electron chi connectivity index (χ3n) is 4.02. The SMILES string of the molecule is CCNC(=O)c1ccc(NC(=O)C2(N)CCCC2)c(C)c1. The number of nitrogens with two attached hydrogens (primary N) is 1. The topological polar surface area (TPSA) is 84.2 Å². The number of amides is 2. The Morgan fingerprint density at radius 1 is 1.29 bits per heavy atom. The van der Waals surface area contributed by atoms with Gasteiger partial charge in [0.2, 0.25) is 5.91 Å². The second-order valence-electron chi connectivity index (χ2n) is 5.71. The first-order chi connectivity index (χ1) is 9.96. The summed E-state index contributed by atoms with van der Waals surface area (Å²) in [6, 6.07) is 5.25. The molecule has 4 N–H and O–H groups in total. The maximum Gasteiger partial charge on any atom is 0.251 e. The summed E-state index contributed by atoms with van der Waals surface area (Å²) in [7, 11) is 0. The van der Waals surface area contributed by atoms with E-state index in [0.717, 1.165) is 31.2 Å². The van der Waals surface area contributed by atoms with Crippen molar-refractivity contribution in [2.24, 2.45) is 5.73 Å². The molecule has 1 aromatic rings. The molecule has 0 aliphatic heterocycles. The van der Waals surface area contributed by atoms with E-state index in [1.54, 1.807) is 18.2 Å². The molecule has 0 spiro atoms. The molecule has 0 unspecified atom stereocenters. The monoisotopic (exact) mass is 289 g/mol. The second-order valence-corrected chi connectivity index (χ2v) is 5.71. The lowest BCUT2D eigenvalue weighted by Gasteiger charge is -2.23. The Balaban J connectivity index is 2.11. The number of nitrogens with one attached hydrogen (secondary N) is 2. The average Bonchev–Trinajstić information content (AvgIpc) is 2.89. The molecule has 1 saturated carbocycles. The first-order valence-corrected chi connectivity index (χ1v) is 7.45. The van der Waals surface area contributed by atoms with Crippen LogP contribution in [-0.4, -0.2) is 23.9 Å². The molecule has 1 aliphatic carbocycles. The number of hydrogen-bond donors (Lipinski definition) is 3. The maximum absolute atomic E-state index is 12.3. The van der Waals surface area contributed by atoms with E-state index < -0.39 is 5.54 Å². The molecule has 5 nitrogen and oxygen atoms in total. The average molecular weight is 289 g/mol. The van der Waals surface area contributed by atoms with Gasteiger partial charge in [-0.25, -0.2) is 0 Å². The van der Waals surface area contributed by atoms with E-state index in [1.807, 2.05) is 13.8 Å². The van der Waals surface area contributed by atoms with Gasteiger partial charge in [0, 0.05) is 17.8 Å². The zero-order chi connectivity index (χ0) is 15.5. The van der Waals surface area contributed by atoms with Crippen LogP contribution >= 0.6 is 0 Å². The van der Waals surface area contributed by atoms with E-state index in [-0.39, 0.29) is 11.8 Å². The molecule has 0 radical (unpaired) electrons. The molecule has 0 heterocycles. The van der Waals surface area contributed by atoms with Crippen LogP contribution in [0, 0.1) is 6.92 Å². The lowest BCUT2D eigenvalue weighted by atomic mass is 9.97. The minimum Gasteiger partial charge on any atom is -0.352 e. The predicted octanol–water partition coefficient (Wildman–Crippen LogP) is 1.95. The molecular formula is C16H23N3O2. The second kappa shape index (κ2) is 6.26. The zero-order valence-electron chi connectivity index (χ0n) is 12.7. The van der Waals surface area contributed by atoms with Gasteiger partial charge in [0.15, 0.2) is 0 Å². The molecule has 114 valence electrons. The van der Waals surface area contributed by atoms with Crippen molar-refractivity contribution < 1.29 is 9.59 Å². The van der Waals surface area contributed by atoms with Crippen LogP contribution in [0.2, 0.25) is 0 Å². The zero-order valence-corrected chi connectivity index (χ0v) is 12.7. The van der Waals surface area contributed by atoms with Crippen molar-refractivity contribution in [1.82, 2.24) is 5.32 Å². The summed E-state index contributed by atoms with van der Waals surface area (Å²) >= 11 is 0. The van der Waals surface area contributed by atoms with Crippen LogP contribution in [0.1, 0.15) is 48.5 Å². The summed E-state index contributed by atoms with van der Waals surface area (Å²) in [5, 5.41) is 5.65. The number of anilines is 1. The Kier molecular flexibility index (Phi) is 4.63. The fraction of sp³-hybridized carbons (Fsp3) is 0.500.